The van der Waals surface area contributed by atoms with Crippen molar-refractivity contribution in [3.63, 3.8) is 0 Å². The van der Waals surface area contributed by atoms with E-state index in [9.17, 15) is 35.2 Å². The average Bonchev–Trinajstić information content (AvgIpc) is 2.65. The lowest BCUT2D eigenvalue weighted by atomic mass is 9.82. The molecule has 0 bridgehead atoms. The molecule has 0 aromatic heterocycles. The molecule has 1 amide bonds. The number of amides is 1. The lowest BCUT2D eigenvalue weighted by Gasteiger charge is -2.29. The zero-order valence-electron chi connectivity index (χ0n) is 15.6. The number of hydroxylamine groups is 2. The van der Waals surface area contributed by atoms with E-state index in [1.165, 1.54) is 0 Å². The summed E-state index contributed by atoms with van der Waals surface area (Å²) in [5.41, 5.74) is -0.697. The Hall–Kier alpha value is -3.10. The summed E-state index contributed by atoms with van der Waals surface area (Å²) >= 11 is 0. The van der Waals surface area contributed by atoms with Gasteiger partial charge in [0, 0.05) is 25.5 Å². The van der Waals surface area contributed by atoms with Gasteiger partial charge in [-0.1, -0.05) is 31.2 Å². The average molecular weight is 389 g/mol. The third-order valence-electron chi connectivity index (χ3n) is 4.51. The van der Waals surface area contributed by atoms with Crippen molar-refractivity contribution in [2.75, 3.05) is 7.05 Å². The van der Waals surface area contributed by atoms with Crippen LogP contribution in [0.1, 0.15) is 30.0 Å². The molecule has 0 saturated carbocycles. The van der Waals surface area contributed by atoms with Gasteiger partial charge in [-0.2, -0.15) is 0 Å². The van der Waals surface area contributed by atoms with E-state index in [1.807, 2.05) is 19.1 Å². The number of benzene rings is 2. The molecule has 0 aliphatic carbocycles. The highest BCUT2D eigenvalue weighted by molar-refractivity contribution is 6.35. The van der Waals surface area contributed by atoms with Gasteiger partial charge < -0.3 is 20.4 Å². The molecular weight excluding hydrogens is 366 g/mol. The first-order valence-corrected chi connectivity index (χ1v) is 8.63. The van der Waals surface area contributed by atoms with Crippen LogP contribution in [0.25, 0.3) is 0 Å². The van der Waals surface area contributed by atoms with Crippen LogP contribution in [0.15, 0.2) is 36.4 Å². The van der Waals surface area contributed by atoms with Crippen molar-refractivity contribution in [3.8, 4) is 17.2 Å². The number of hydrogen-bond donors (Lipinski definition) is 5. The van der Waals surface area contributed by atoms with Crippen LogP contribution in [-0.2, 0) is 28.0 Å². The van der Waals surface area contributed by atoms with Crippen molar-refractivity contribution in [2.45, 2.75) is 31.8 Å². The van der Waals surface area contributed by atoms with Gasteiger partial charge in [-0.25, -0.2) is 5.06 Å². The highest BCUT2D eigenvalue weighted by Crippen LogP contribution is 2.44. The molecule has 0 fully saturated rings. The smallest absolute Gasteiger partial charge is 0.313 e. The number of aliphatic hydroxyl groups is 1. The number of phenolic OH excluding ortho intramolecular Hbond substituents is 3. The molecule has 0 heterocycles. The Kier molecular flexibility index (Phi) is 6.27. The maximum Gasteiger partial charge on any atom is 0.313 e. The van der Waals surface area contributed by atoms with Crippen molar-refractivity contribution in [2.24, 2.45) is 0 Å². The summed E-state index contributed by atoms with van der Waals surface area (Å²) in [6.45, 7) is 1.95. The molecule has 0 spiro atoms. The quantitative estimate of drug-likeness (QED) is 0.210. The van der Waals surface area contributed by atoms with Gasteiger partial charge in [0.05, 0.1) is 0 Å². The number of carbonyl (C=O) groups is 2. The van der Waals surface area contributed by atoms with Crippen molar-refractivity contribution >= 4 is 11.7 Å². The lowest BCUT2D eigenvalue weighted by Crippen LogP contribution is -2.38. The Labute approximate surface area is 161 Å². The number of Topliss-reactive ketones (excluding diaryl/α,β-unsaturated/α-hetero) is 1. The zero-order chi connectivity index (χ0) is 21.1. The van der Waals surface area contributed by atoms with Gasteiger partial charge in [0.1, 0.15) is 5.60 Å². The topological polar surface area (TPSA) is 139 Å². The fourth-order valence-corrected chi connectivity index (χ4v) is 3.02. The molecule has 1 unspecified atom stereocenters. The summed E-state index contributed by atoms with van der Waals surface area (Å²) in [7, 11) is 0.980. The monoisotopic (exact) mass is 389 g/mol. The normalized spacial score (nSPS) is 13.0. The molecule has 2 aromatic carbocycles. The SMILES string of the molecule is CCc1cccc(CC(O)(CC(=O)C(=O)N(C)O)c2ccc(O)c(O)c2O)c1. The van der Waals surface area contributed by atoms with Gasteiger partial charge in [0.15, 0.2) is 11.5 Å². The first-order valence-electron chi connectivity index (χ1n) is 8.63. The van der Waals surface area contributed by atoms with Gasteiger partial charge >= 0.3 is 5.91 Å². The number of hydrogen-bond acceptors (Lipinski definition) is 7. The summed E-state index contributed by atoms with van der Waals surface area (Å²) in [4.78, 5) is 24.0. The van der Waals surface area contributed by atoms with Crippen LogP contribution in [0, 0.1) is 0 Å². The van der Waals surface area contributed by atoms with Crippen molar-refractivity contribution < 1.29 is 35.2 Å². The van der Waals surface area contributed by atoms with Crippen LogP contribution >= 0.6 is 0 Å². The van der Waals surface area contributed by atoms with E-state index >= 15 is 0 Å². The van der Waals surface area contributed by atoms with Crippen molar-refractivity contribution in [1.82, 2.24) is 5.06 Å². The Balaban J connectivity index is 2.52. The molecule has 0 saturated heterocycles. The summed E-state index contributed by atoms with van der Waals surface area (Å²) in [5, 5.41) is 50.2. The molecule has 5 N–H and O–H groups in total. The third-order valence-corrected chi connectivity index (χ3v) is 4.51. The molecular formula is C20H23NO7. The number of phenols is 3. The maximum atomic E-state index is 12.2. The van der Waals surface area contributed by atoms with E-state index in [2.05, 4.69) is 0 Å². The van der Waals surface area contributed by atoms with Crippen molar-refractivity contribution in [1.29, 1.82) is 0 Å². The summed E-state index contributed by atoms with van der Waals surface area (Å²) < 4.78 is 0. The maximum absolute atomic E-state index is 12.2. The first-order chi connectivity index (χ1) is 13.1. The molecule has 2 aromatic rings. The van der Waals surface area contributed by atoms with Gasteiger partial charge in [-0.05, 0) is 29.7 Å². The Morgan fingerprint density at radius 2 is 1.68 bits per heavy atom. The van der Waals surface area contributed by atoms with Crippen LogP contribution < -0.4 is 0 Å². The number of ketones is 1. The summed E-state index contributed by atoms with van der Waals surface area (Å²) in [6, 6.07) is 9.41. The summed E-state index contributed by atoms with van der Waals surface area (Å²) in [6.07, 6.45) is -0.179. The molecule has 150 valence electrons. The van der Waals surface area contributed by atoms with E-state index < -0.39 is 41.0 Å². The minimum Gasteiger partial charge on any atom is -0.504 e. The lowest BCUT2D eigenvalue weighted by molar-refractivity contribution is -0.167. The van der Waals surface area contributed by atoms with Gasteiger partial charge in [0.2, 0.25) is 11.5 Å². The number of nitrogens with zero attached hydrogens (tertiary/aromatic N) is 1. The second-order valence-electron chi connectivity index (χ2n) is 6.64. The van der Waals surface area contributed by atoms with Crippen LogP contribution in [-0.4, -0.2) is 49.4 Å². The molecule has 8 nitrogen and oxygen atoms in total. The highest BCUT2D eigenvalue weighted by Gasteiger charge is 2.38. The van der Waals surface area contributed by atoms with Crippen LogP contribution in [0.2, 0.25) is 0 Å². The Morgan fingerprint density at radius 3 is 2.29 bits per heavy atom. The number of likely N-dealkylation sites (N-methyl/N-ethyl adjacent to an activating group) is 1. The van der Waals surface area contributed by atoms with Gasteiger partial charge in [-0.15, -0.1) is 0 Å². The standard InChI is InChI=1S/C20H23NO7/c1-3-12-5-4-6-13(9-12)10-20(27,11-16(23)19(26)21(2)28)14-7-8-15(22)18(25)17(14)24/h4-9,22,24-25,27-28H,3,10-11H2,1-2H3. The Morgan fingerprint density at radius 1 is 1.04 bits per heavy atom. The number of rotatable bonds is 7. The fraction of sp³-hybridized carbons (Fsp3) is 0.300. The Bertz CT molecular complexity index is 894. The third kappa shape index (κ3) is 4.41. The summed E-state index contributed by atoms with van der Waals surface area (Å²) in [5.74, 6) is -4.58. The van der Waals surface area contributed by atoms with E-state index in [1.54, 1.807) is 12.1 Å². The van der Waals surface area contributed by atoms with E-state index in [4.69, 9.17) is 0 Å². The first kappa shape index (κ1) is 21.2. The number of aryl methyl sites for hydroxylation is 1. The second-order valence-corrected chi connectivity index (χ2v) is 6.64. The van der Waals surface area contributed by atoms with E-state index in [0.717, 1.165) is 31.2 Å². The van der Waals surface area contributed by atoms with Crippen LogP contribution in [0.3, 0.4) is 0 Å². The predicted octanol–water partition coefficient (Wildman–Crippen LogP) is 1.60. The molecule has 0 aliphatic heterocycles. The van der Waals surface area contributed by atoms with E-state index in [-0.39, 0.29) is 17.0 Å². The highest BCUT2D eigenvalue weighted by atomic mass is 16.5. The molecule has 0 radical (unpaired) electrons. The second kappa shape index (κ2) is 8.28. The minimum atomic E-state index is -2.08. The zero-order valence-corrected chi connectivity index (χ0v) is 15.6. The molecule has 28 heavy (non-hydrogen) atoms. The molecule has 1 atom stereocenters. The predicted molar refractivity (Wildman–Crippen MR) is 99.0 cm³/mol. The largest absolute Gasteiger partial charge is 0.504 e. The van der Waals surface area contributed by atoms with E-state index in [0.29, 0.717) is 5.56 Å². The van der Waals surface area contributed by atoms with Crippen molar-refractivity contribution in [3.05, 3.63) is 53.1 Å². The van der Waals surface area contributed by atoms with Crippen LogP contribution in [0.5, 0.6) is 17.2 Å². The minimum absolute atomic E-state index is 0.106. The fourth-order valence-electron chi connectivity index (χ4n) is 3.02. The number of carbonyl (C=O) groups excluding carboxylic acids is 2. The number of aromatic hydroxyl groups is 3. The molecule has 0 aliphatic rings. The molecule has 2 rings (SSSR count). The van der Waals surface area contributed by atoms with Gasteiger partial charge in [0.25, 0.3) is 0 Å². The van der Waals surface area contributed by atoms with Gasteiger partial charge in [-0.3, -0.25) is 14.8 Å². The van der Waals surface area contributed by atoms with Crippen LogP contribution in [0.4, 0.5) is 0 Å². The molecule has 8 heteroatoms.